The monoisotopic (exact) mass is 396 g/mol. The van der Waals surface area contributed by atoms with Crippen LogP contribution < -0.4 is 15.5 Å². The van der Waals surface area contributed by atoms with E-state index >= 15 is 0 Å². The number of nitrogens with zero attached hydrogens (tertiary/aromatic N) is 1. The van der Waals surface area contributed by atoms with Crippen molar-refractivity contribution in [1.82, 2.24) is 9.88 Å². The van der Waals surface area contributed by atoms with Crippen molar-refractivity contribution in [3.05, 3.63) is 70.0 Å². The zero-order valence-corrected chi connectivity index (χ0v) is 17.3. The van der Waals surface area contributed by atoms with Gasteiger partial charge in [-0.05, 0) is 56.0 Å². The number of ether oxygens (including phenoxy) is 1. The molecule has 1 N–H and O–H groups in total. The number of rotatable bonds is 6. The number of aryl methyl sites for hydroxylation is 1. The highest BCUT2D eigenvalue weighted by atomic mass is 32.2. The third kappa shape index (κ3) is 4.07. The van der Waals surface area contributed by atoms with Crippen molar-refractivity contribution >= 4 is 28.6 Å². The predicted molar refractivity (Wildman–Crippen MR) is 114 cm³/mol. The molecule has 3 rings (SSSR count). The molecular formula is C22H24N2O3S. The van der Waals surface area contributed by atoms with Crippen LogP contribution >= 0.6 is 11.8 Å². The zero-order valence-electron chi connectivity index (χ0n) is 16.5. The van der Waals surface area contributed by atoms with Crippen LogP contribution in [0.4, 0.5) is 0 Å². The third-order valence-corrected chi connectivity index (χ3v) is 5.42. The Morgan fingerprint density at radius 3 is 2.57 bits per heavy atom. The average Bonchev–Trinajstić information content (AvgIpc) is 2.70. The van der Waals surface area contributed by atoms with Crippen LogP contribution in [0.25, 0.3) is 10.9 Å². The van der Waals surface area contributed by atoms with Gasteiger partial charge in [-0.15, -0.1) is 11.8 Å². The Labute approximate surface area is 168 Å². The normalized spacial score (nSPS) is 12.0. The topological polar surface area (TPSA) is 60.3 Å². The van der Waals surface area contributed by atoms with Gasteiger partial charge in [-0.25, -0.2) is 0 Å². The Kier molecular flexibility index (Phi) is 6.09. The van der Waals surface area contributed by atoms with Gasteiger partial charge in [0.05, 0.1) is 23.6 Å². The van der Waals surface area contributed by atoms with Crippen molar-refractivity contribution in [3.8, 4) is 5.75 Å². The van der Waals surface area contributed by atoms with Crippen LogP contribution in [0.3, 0.4) is 0 Å². The van der Waals surface area contributed by atoms with Crippen molar-refractivity contribution in [2.75, 3.05) is 12.9 Å². The summed E-state index contributed by atoms with van der Waals surface area (Å²) < 4.78 is 7.29. The molecule has 0 aliphatic heterocycles. The Morgan fingerprint density at radius 2 is 1.93 bits per heavy atom. The number of nitrogens with one attached hydrogen (secondary N) is 1. The van der Waals surface area contributed by atoms with E-state index < -0.39 is 0 Å². The van der Waals surface area contributed by atoms with E-state index in [9.17, 15) is 9.59 Å². The number of carbonyl (C=O) groups is 1. The first-order valence-electron chi connectivity index (χ1n) is 9.15. The number of benzene rings is 2. The van der Waals surface area contributed by atoms with Gasteiger partial charge in [-0.3, -0.25) is 9.59 Å². The van der Waals surface area contributed by atoms with Crippen LogP contribution in [0.5, 0.6) is 5.75 Å². The highest BCUT2D eigenvalue weighted by Crippen LogP contribution is 2.21. The fraction of sp³-hybridized carbons (Fsp3) is 0.273. The van der Waals surface area contributed by atoms with Gasteiger partial charge in [0.15, 0.2) is 0 Å². The summed E-state index contributed by atoms with van der Waals surface area (Å²) in [6.07, 6.45) is 3.61. The first-order chi connectivity index (χ1) is 13.4. The number of amides is 1. The molecule has 0 bridgehead atoms. The second-order valence-corrected chi connectivity index (χ2v) is 7.44. The summed E-state index contributed by atoms with van der Waals surface area (Å²) in [5.41, 5.74) is 1.57. The van der Waals surface area contributed by atoms with Crippen molar-refractivity contribution in [2.45, 2.75) is 24.8 Å². The molecule has 0 saturated heterocycles. The van der Waals surface area contributed by atoms with Crippen LogP contribution in [0.1, 0.15) is 35.8 Å². The van der Waals surface area contributed by atoms with E-state index in [1.165, 1.54) is 0 Å². The molecule has 0 unspecified atom stereocenters. The lowest BCUT2D eigenvalue weighted by Crippen LogP contribution is -2.31. The highest BCUT2D eigenvalue weighted by molar-refractivity contribution is 7.98. The molecule has 1 heterocycles. The van der Waals surface area contributed by atoms with Gasteiger partial charge >= 0.3 is 0 Å². The Balaban J connectivity index is 1.92. The molecule has 28 heavy (non-hydrogen) atoms. The summed E-state index contributed by atoms with van der Waals surface area (Å²) >= 11 is 1.67. The summed E-state index contributed by atoms with van der Waals surface area (Å²) in [5, 5.41) is 3.40. The molecule has 5 nitrogen and oxygen atoms in total. The summed E-state index contributed by atoms with van der Waals surface area (Å²) in [6.45, 7) is 4.31. The molecule has 6 heteroatoms. The lowest BCUT2D eigenvalue weighted by atomic mass is 10.1. The van der Waals surface area contributed by atoms with E-state index in [0.717, 1.165) is 16.0 Å². The Hall–Kier alpha value is -2.73. The molecule has 2 aromatic carbocycles. The zero-order chi connectivity index (χ0) is 20.3. The summed E-state index contributed by atoms with van der Waals surface area (Å²) in [4.78, 5) is 26.9. The van der Waals surface area contributed by atoms with E-state index in [1.54, 1.807) is 28.6 Å². The van der Waals surface area contributed by atoms with E-state index in [-0.39, 0.29) is 22.9 Å². The van der Waals surface area contributed by atoms with E-state index in [2.05, 4.69) is 5.32 Å². The minimum absolute atomic E-state index is 0.122. The number of pyridine rings is 1. The maximum absolute atomic E-state index is 12.9. The first kappa shape index (κ1) is 20.0. The number of aromatic nitrogens is 1. The fourth-order valence-electron chi connectivity index (χ4n) is 3.14. The first-order valence-corrected chi connectivity index (χ1v) is 10.4. The maximum atomic E-state index is 12.9. The molecular weight excluding hydrogens is 372 g/mol. The van der Waals surface area contributed by atoms with Gasteiger partial charge in [0.25, 0.3) is 5.91 Å². The van der Waals surface area contributed by atoms with Gasteiger partial charge in [-0.1, -0.05) is 12.1 Å². The number of hydrogen-bond acceptors (Lipinski definition) is 4. The van der Waals surface area contributed by atoms with Gasteiger partial charge in [-0.2, -0.15) is 0 Å². The van der Waals surface area contributed by atoms with Crippen molar-refractivity contribution < 1.29 is 9.53 Å². The van der Waals surface area contributed by atoms with Crippen molar-refractivity contribution in [1.29, 1.82) is 0 Å². The number of thioether (sulfide) groups is 1. The molecule has 1 atom stereocenters. The average molecular weight is 397 g/mol. The van der Waals surface area contributed by atoms with Crippen LogP contribution in [0.15, 0.2) is 58.4 Å². The van der Waals surface area contributed by atoms with Crippen LogP contribution in [0.2, 0.25) is 0 Å². The smallest absolute Gasteiger partial charge is 0.257 e. The fourth-order valence-corrected chi connectivity index (χ4v) is 3.55. The van der Waals surface area contributed by atoms with Crippen LogP contribution in [-0.4, -0.2) is 23.3 Å². The Morgan fingerprint density at radius 1 is 1.21 bits per heavy atom. The van der Waals surface area contributed by atoms with Gasteiger partial charge < -0.3 is 14.6 Å². The van der Waals surface area contributed by atoms with Crippen LogP contribution in [0, 0.1) is 0 Å². The molecule has 0 radical (unpaired) electrons. The van der Waals surface area contributed by atoms with Crippen LogP contribution in [-0.2, 0) is 7.05 Å². The summed E-state index contributed by atoms with van der Waals surface area (Å²) in [5.74, 6) is 0.234. The quantitative estimate of drug-likeness (QED) is 0.636. The number of carbonyl (C=O) groups excluding carboxylic acids is 1. The predicted octanol–water partition coefficient (Wildman–Crippen LogP) is 4.15. The molecule has 1 amide bonds. The van der Waals surface area contributed by atoms with Gasteiger partial charge in [0.1, 0.15) is 11.3 Å². The molecule has 0 fully saturated rings. The van der Waals surface area contributed by atoms with Gasteiger partial charge in [0, 0.05) is 18.1 Å². The minimum Gasteiger partial charge on any atom is -0.494 e. The third-order valence-electron chi connectivity index (χ3n) is 4.68. The molecule has 0 spiro atoms. The van der Waals surface area contributed by atoms with Crippen molar-refractivity contribution in [2.24, 2.45) is 7.05 Å². The lowest BCUT2D eigenvalue weighted by molar-refractivity contribution is 0.0938. The molecule has 3 aromatic rings. The largest absolute Gasteiger partial charge is 0.494 e. The molecule has 0 aliphatic carbocycles. The van der Waals surface area contributed by atoms with Gasteiger partial charge in [0.2, 0.25) is 5.43 Å². The molecule has 0 aliphatic rings. The second kappa shape index (κ2) is 8.52. The van der Waals surface area contributed by atoms with E-state index in [0.29, 0.717) is 17.7 Å². The summed E-state index contributed by atoms with van der Waals surface area (Å²) in [6, 6.07) is 13.2. The molecule has 1 aromatic heterocycles. The second-order valence-electron chi connectivity index (χ2n) is 6.56. The lowest BCUT2D eigenvalue weighted by Gasteiger charge is -2.16. The molecule has 0 saturated carbocycles. The number of fused-ring (bicyclic) bond motifs is 1. The highest BCUT2D eigenvalue weighted by Gasteiger charge is 2.17. The summed E-state index contributed by atoms with van der Waals surface area (Å²) in [7, 11) is 1.82. The SMILES string of the molecule is CCOc1ccc2c(c1)c(=O)c(C(=O)N[C@@H](C)c1ccc(SC)cc1)cn2C. The van der Waals surface area contributed by atoms with E-state index in [4.69, 9.17) is 4.74 Å². The maximum Gasteiger partial charge on any atom is 0.257 e. The minimum atomic E-state index is -0.384. The molecule has 146 valence electrons. The standard InChI is InChI=1S/C22H24N2O3S/c1-5-27-16-8-11-20-18(12-16)21(25)19(13-24(20)3)22(26)23-14(2)15-6-9-17(28-4)10-7-15/h6-14H,5H2,1-4H3,(H,23,26)/t14-/m0/s1. The van der Waals surface area contributed by atoms with E-state index in [1.807, 2.05) is 63.5 Å². The Bertz CT molecular complexity index is 1060. The van der Waals surface area contributed by atoms with Crippen molar-refractivity contribution in [3.63, 3.8) is 0 Å². The number of hydrogen-bond donors (Lipinski definition) is 1.